The van der Waals surface area contributed by atoms with Crippen LogP contribution in [0.5, 0.6) is 5.75 Å². The molecule has 6 nitrogen and oxygen atoms in total. The van der Waals surface area contributed by atoms with Gasteiger partial charge in [-0.1, -0.05) is 35.6 Å². The standard InChI is InChI=1S/C28H28N2O4S/c1-19-6-11-23(12-7-19)35(32,33)30-15-14-24-27(18-31)29-26-13-10-21(17-25(26)28(24)30)9-8-20-4-3-5-22(16-20)34-2/h3-7,10-13,16-17,24,27-29,31H,14-15,18H2,1-2H3/t24-,27-,28-/m0/s1. The molecule has 2 heterocycles. The molecule has 0 unspecified atom stereocenters. The van der Waals surface area contributed by atoms with E-state index in [1.165, 1.54) is 0 Å². The zero-order valence-electron chi connectivity index (χ0n) is 19.7. The first kappa shape index (κ1) is 23.4. The fraction of sp³-hybridized carbons (Fsp3) is 0.286. The van der Waals surface area contributed by atoms with Crippen LogP contribution in [0.1, 0.15) is 34.7 Å². The molecule has 3 aromatic carbocycles. The molecule has 5 rings (SSSR count). The lowest BCUT2D eigenvalue weighted by Crippen LogP contribution is -2.42. The number of benzene rings is 3. The lowest BCUT2D eigenvalue weighted by molar-refractivity contribution is 0.210. The number of sulfonamides is 1. The van der Waals surface area contributed by atoms with E-state index in [9.17, 15) is 13.5 Å². The molecule has 3 atom stereocenters. The minimum atomic E-state index is -3.70. The number of rotatable bonds is 4. The van der Waals surface area contributed by atoms with Gasteiger partial charge in [-0.25, -0.2) is 8.42 Å². The van der Waals surface area contributed by atoms with Gasteiger partial charge in [-0.05, 0) is 67.4 Å². The Morgan fingerprint density at radius 1 is 1.06 bits per heavy atom. The Bertz CT molecular complexity index is 1410. The zero-order valence-corrected chi connectivity index (χ0v) is 20.5. The number of hydrogen-bond acceptors (Lipinski definition) is 5. The second-order valence-corrected chi connectivity index (χ2v) is 10.9. The molecular formula is C28H28N2O4S. The van der Waals surface area contributed by atoms with Crippen molar-refractivity contribution in [2.24, 2.45) is 5.92 Å². The number of aryl methyl sites for hydroxylation is 1. The van der Waals surface area contributed by atoms with Gasteiger partial charge < -0.3 is 15.2 Å². The van der Waals surface area contributed by atoms with Crippen LogP contribution in [-0.2, 0) is 10.0 Å². The Morgan fingerprint density at radius 3 is 2.51 bits per heavy atom. The molecule has 0 aromatic heterocycles. The third-order valence-corrected chi connectivity index (χ3v) is 8.77. The molecule has 2 aliphatic rings. The Balaban J connectivity index is 1.54. The second kappa shape index (κ2) is 9.38. The smallest absolute Gasteiger partial charge is 0.243 e. The van der Waals surface area contributed by atoms with E-state index in [1.807, 2.05) is 61.5 Å². The van der Waals surface area contributed by atoms with Gasteiger partial charge in [-0.2, -0.15) is 4.31 Å². The van der Waals surface area contributed by atoms with Crippen molar-refractivity contribution in [3.05, 3.63) is 89.0 Å². The summed E-state index contributed by atoms with van der Waals surface area (Å²) in [6, 6.07) is 19.8. The summed E-state index contributed by atoms with van der Waals surface area (Å²) in [7, 11) is -2.08. The van der Waals surface area contributed by atoms with Gasteiger partial charge in [-0.15, -0.1) is 0 Å². The van der Waals surface area contributed by atoms with Gasteiger partial charge in [0.1, 0.15) is 5.75 Å². The number of methoxy groups -OCH3 is 1. The molecule has 1 saturated heterocycles. The molecule has 0 radical (unpaired) electrons. The lowest BCUT2D eigenvalue weighted by atomic mass is 9.83. The fourth-order valence-electron chi connectivity index (χ4n) is 5.06. The number of nitrogens with zero attached hydrogens (tertiary/aromatic N) is 1. The number of nitrogens with one attached hydrogen (secondary N) is 1. The van der Waals surface area contributed by atoms with Crippen LogP contribution in [0.3, 0.4) is 0 Å². The Hall–Kier alpha value is -3.31. The van der Waals surface area contributed by atoms with Crippen LogP contribution < -0.4 is 10.1 Å². The summed E-state index contributed by atoms with van der Waals surface area (Å²) in [5, 5.41) is 13.5. The first-order valence-corrected chi connectivity index (χ1v) is 13.1. The highest BCUT2D eigenvalue weighted by molar-refractivity contribution is 7.89. The van der Waals surface area contributed by atoms with Gasteiger partial charge in [-0.3, -0.25) is 0 Å². The summed E-state index contributed by atoms with van der Waals surface area (Å²) >= 11 is 0. The summed E-state index contributed by atoms with van der Waals surface area (Å²) in [6.45, 7) is 2.28. The van der Waals surface area contributed by atoms with Crippen LogP contribution in [0, 0.1) is 24.7 Å². The molecular weight excluding hydrogens is 460 g/mol. The highest BCUT2D eigenvalue weighted by Crippen LogP contribution is 2.48. The number of ether oxygens (including phenoxy) is 1. The average Bonchev–Trinajstić information content (AvgIpc) is 3.34. The summed E-state index contributed by atoms with van der Waals surface area (Å²) < 4.78 is 34.2. The van der Waals surface area contributed by atoms with Crippen molar-refractivity contribution in [3.8, 4) is 17.6 Å². The molecule has 180 valence electrons. The van der Waals surface area contributed by atoms with E-state index in [0.717, 1.165) is 33.7 Å². The third kappa shape index (κ3) is 4.41. The van der Waals surface area contributed by atoms with Crippen LogP contribution in [-0.4, -0.2) is 44.1 Å². The van der Waals surface area contributed by atoms with Crippen LogP contribution in [0.4, 0.5) is 5.69 Å². The predicted molar refractivity (Wildman–Crippen MR) is 136 cm³/mol. The van der Waals surface area contributed by atoms with Crippen LogP contribution in [0.15, 0.2) is 71.6 Å². The van der Waals surface area contributed by atoms with E-state index in [-0.39, 0.29) is 24.6 Å². The monoisotopic (exact) mass is 488 g/mol. The summed E-state index contributed by atoms with van der Waals surface area (Å²) in [4.78, 5) is 0.290. The zero-order chi connectivity index (χ0) is 24.6. The van der Waals surface area contributed by atoms with E-state index in [0.29, 0.717) is 17.9 Å². The van der Waals surface area contributed by atoms with Gasteiger partial charge in [0.05, 0.1) is 30.7 Å². The number of aliphatic hydroxyl groups is 1. The van der Waals surface area contributed by atoms with Gasteiger partial charge in [0.15, 0.2) is 0 Å². The minimum absolute atomic E-state index is 0.0330. The normalized spacial score (nSPS) is 21.3. The molecule has 3 aromatic rings. The molecule has 2 N–H and O–H groups in total. The first-order chi connectivity index (χ1) is 16.9. The van der Waals surface area contributed by atoms with Crippen molar-refractivity contribution in [3.63, 3.8) is 0 Å². The van der Waals surface area contributed by atoms with E-state index in [2.05, 4.69) is 17.2 Å². The van der Waals surface area contributed by atoms with Crippen molar-refractivity contribution in [2.75, 3.05) is 25.6 Å². The maximum absolute atomic E-state index is 13.7. The number of aliphatic hydroxyl groups excluding tert-OH is 1. The van der Waals surface area contributed by atoms with Crippen molar-refractivity contribution >= 4 is 15.7 Å². The van der Waals surface area contributed by atoms with Crippen molar-refractivity contribution in [2.45, 2.75) is 30.3 Å². The SMILES string of the molecule is COc1cccc(C#Cc2ccc3c(c2)[C@@H]2[C@@H](CCN2S(=O)(=O)c2ccc(C)cc2)[C@H](CO)N3)c1. The summed E-state index contributed by atoms with van der Waals surface area (Å²) in [5.74, 6) is 7.09. The number of fused-ring (bicyclic) bond motifs is 3. The maximum Gasteiger partial charge on any atom is 0.243 e. The molecule has 1 fully saturated rings. The molecule has 0 saturated carbocycles. The van der Waals surface area contributed by atoms with Gasteiger partial charge >= 0.3 is 0 Å². The Morgan fingerprint density at radius 2 is 1.80 bits per heavy atom. The van der Waals surface area contributed by atoms with Crippen molar-refractivity contribution in [1.29, 1.82) is 0 Å². The van der Waals surface area contributed by atoms with E-state index in [4.69, 9.17) is 4.74 Å². The number of anilines is 1. The topological polar surface area (TPSA) is 78.9 Å². The largest absolute Gasteiger partial charge is 0.497 e. The van der Waals surface area contributed by atoms with E-state index < -0.39 is 10.0 Å². The van der Waals surface area contributed by atoms with Gasteiger partial charge in [0.2, 0.25) is 10.0 Å². The molecule has 35 heavy (non-hydrogen) atoms. The fourth-order valence-corrected chi connectivity index (χ4v) is 6.72. The quantitative estimate of drug-likeness (QED) is 0.544. The maximum atomic E-state index is 13.7. The Labute approximate surface area is 206 Å². The van der Waals surface area contributed by atoms with Crippen molar-refractivity contribution < 1.29 is 18.3 Å². The highest BCUT2D eigenvalue weighted by Gasteiger charge is 2.48. The number of hydrogen-bond donors (Lipinski definition) is 2. The average molecular weight is 489 g/mol. The van der Waals surface area contributed by atoms with Crippen molar-refractivity contribution in [1.82, 2.24) is 4.31 Å². The van der Waals surface area contributed by atoms with Gasteiger partial charge in [0, 0.05) is 29.3 Å². The Kier molecular flexibility index (Phi) is 6.28. The van der Waals surface area contributed by atoms with E-state index >= 15 is 0 Å². The highest BCUT2D eigenvalue weighted by atomic mass is 32.2. The molecule has 7 heteroatoms. The molecule has 0 aliphatic carbocycles. The van der Waals surface area contributed by atoms with Crippen LogP contribution in [0.2, 0.25) is 0 Å². The predicted octanol–water partition coefficient (Wildman–Crippen LogP) is 3.94. The third-order valence-electron chi connectivity index (χ3n) is 6.87. The van der Waals surface area contributed by atoms with Crippen LogP contribution in [0.25, 0.3) is 0 Å². The van der Waals surface area contributed by atoms with E-state index in [1.54, 1.807) is 23.5 Å². The lowest BCUT2D eigenvalue weighted by Gasteiger charge is -2.38. The second-order valence-electron chi connectivity index (χ2n) is 9.04. The summed E-state index contributed by atoms with van der Waals surface area (Å²) in [6.07, 6.45) is 0.674. The van der Waals surface area contributed by atoms with Crippen LogP contribution >= 0.6 is 0 Å². The minimum Gasteiger partial charge on any atom is -0.497 e. The molecule has 0 bridgehead atoms. The first-order valence-electron chi connectivity index (χ1n) is 11.7. The molecule has 0 spiro atoms. The molecule has 2 aliphatic heterocycles. The summed E-state index contributed by atoms with van der Waals surface area (Å²) in [5.41, 5.74) is 4.38. The molecule has 0 amide bonds. The van der Waals surface area contributed by atoms with Gasteiger partial charge in [0.25, 0.3) is 0 Å².